The number of aryl methyl sites for hydroxylation is 1. The minimum Gasteiger partial charge on any atom is -0.434 e. The van der Waals surface area contributed by atoms with E-state index in [1.54, 1.807) is 0 Å². The third kappa shape index (κ3) is 2.59. The van der Waals surface area contributed by atoms with Crippen LogP contribution in [-0.2, 0) is 0 Å². The number of hydrogen-bond donors (Lipinski definition) is 1. The van der Waals surface area contributed by atoms with Crippen LogP contribution in [0.15, 0.2) is 23.3 Å². The Morgan fingerprint density at radius 3 is 2.85 bits per heavy atom. The van der Waals surface area contributed by atoms with Gasteiger partial charge in [0.05, 0.1) is 17.3 Å². The van der Waals surface area contributed by atoms with Gasteiger partial charge >= 0.3 is 0 Å². The highest BCUT2D eigenvalue weighted by Gasteiger charge is 2.18. The molecule has 7 nitrogen and oxygen atoms in total. The maximum atomic E-state index is 13.7. The summed E-state index contributed by atoms with van der Waals surface area (Å²) in [6.45, 7) is 1.43. The zero-order valence-electron chi connectivity index (χ0n) is 10.0. The van der Waals surface area contributed by atoms with Crippen LogP contribution in [0.2, 0.25) is 5.02 Å². The number of aromatic nitrogens is 2. The molecule has 9 heteroatoms. The summed E-state index contributed by atoms with van der Waals surface area (Å²) in [6, 6.07) is 1.86. The molecule has 0 fully saturated rings. The molecular formula is C11H7ClFN3O4. The zero-order valence-corrected chi connectivity index (χ0v) is 10.8. The first kappa shape index (κ1) is 13.9. The molecule has 0 bridgehead atoms. The number of nitro benzene ring substituents is 1. The van der Waals surface area contributed by atoms with Gasteiger partial charge < -0.3 is 9.72 Å². The molecule has 0 aliphatic carbocycles. The second-order valence-electron chi connectivity index (χ2n) is 3.78. The molecule has 0 saturated heterocycles. The van der Waals surface area contributed by atoms with Crippen molar-refractivity contribution in [2.75, 3.05) is 0 Å². The topological polar surface area (TPSA) is 98.1 Å². The molecule has 104 valence electrons. The molecule has 0 atom stereocenters. The smallest absolute Gasteiger partial charge is 0.275 e. The number of hydrogen-bond acceptors (Lipinski definition) is 5. The highest BCUT2D eigenvalue weighted by Crippen LogP contribution is 2.31. The molecule has 0 radical (unpaired) electrons. The summed E-state index contributed by atoms with van der Waals surface area (Å²) >= 11 is 5.66. The van der Waals surface area contributed by atoms with Crippen LogP contribution < -0.4 is 10.3 Å². The standard InChI is InChI=1S/C11H7ClFN3O4/c1-5-2-8(6(13)3-7(5)16(18)19)20-11-9(12)10(17)14-4-15-11/h2-4H,1H3,(H,14,15,17). The Morgan fingerprint density at radius 2 is 2.20 bits per heavy atom. The van der Waals surface area contributed by atoms with Gasteiger partial charge in [0, 0.05) is 5.56 Å². The minimum absolute atomic E-state index is 0.201. The highest BCUT2D eigenvalue weighted by molar-refractivity contribution is 6.31. The number of H-pyrrole nitrogens is 1. The van der Waals surface area contributed by atoms with Crippen molar-refractivity contribution in [2.24, 2.45) is 0 Å². The lowest BCUT2D eigenvalue weighted by Gasteiger charge is -2.07. The molecule has 0 saturated carbocycles. The first-order valence-corrected chi connectivity index (χ1v) is 5.63. The summed E-state index contributed by atoms with van der Waals surface area (Å²) in [6.07, 6.45) is 1.04. The summed E-state index contributed by atoms with van der Waals surface area (Å²) in [5.41, 5.74) is -0.817. The summed E-state index contributed by atoms with van der Waals surface area (Å²) in [5, 5.41) is 10.3. The number of ether oxygens (including phenoxy) is 1. The Kier molecular flexibility index (Phi) is 3.66. The fourth-order valence-electron chi connectivity index (χ4n) is 1.46. The SMILES string of the molecule is Cc1cc(Oc2nc[nH]c(=O)c2Cl)c(F)cc1[N+](=O)[O-]. The van der Waals surface area contributed by atoms with E-state index >= 15 is 0 Å². The van der Waals surface area contributed by atoms with Crippen molar-refractivity contribution < 1.29 is 14.1 Å². The van der Waals surface area contributed by atoms with Gasteiger partial charge in [-0.25, -0.2) is 9.37 Å². The Morgan fingerprint density at radius 1 is 1.50 bits per heavy atom. The fourth-order valence-corrected chi connectivity index (χ4v) is 1.60. The summed E-state index contributed by atoms with van der Waals surface area (Å²) in [5.74, 6) is -1.56. The zero-order chi connectivity index (χ0) is 14.9. The first-order valence-electron chi connectivity index (χ1n) is 5.25. The van der Waals surface area contributed by atoms with E-state index in [9.17, 15) is 19.3 Å². The second kappa shape index (κ2) is 5.25. The molecule has 0 aliphatic rings. The third-order valence-electron chi connectivity index (χ3n) is 2.42. The Labute approximate surface area is 116 Å². The van der Waals surface area contributed by atoms with E-state index < -0.39 is 16.3 Å². The third-order valence-corrected chi connectivity index (χ3v) is 2.75. The van der Waals surface area contributed by atoms with E-state index in [2.05, 4.69) is 9.97 Å². The number of halogens is 2. The van der Waals surface area contributed by atoms with Crippen LogP contribution in [0.25, 0.3) is 0 Å². The minimum atomic E-state index is -0.958. The molecule has 0 unspecified atom stereocenters. The monoisotopic (exact) mass is 299 g/mol. The molecule has 2 aromatic rings. The molecule has 0 amide bonds. The molecule has 1 heterocycles. The van der Waals surface area contributed by atoms with Crippen LogP contribution in [0.1, 0.15) is 5.56 Å². The Balaban J connectivity index is 2.45. The molecule has 0 aliphatic heterocycles. The molecule has 1 N–H and O–H groups in total. The van der Waals surface area contributed by atoms with E-state index in [0.717, 1.165) is 18.5 Å². The maximum absolute atomic E-state index is 13.7. The number of nitro groups is 1. The Bertz CT molecular complexity index is 747. The van der Waals surface area contributed by atoms with E-state index in [0.29, 0.717) is 0 Å². The lowest BCUT2D eigenvalue weighted by molar-refractivity contribution is -0.385. The average molecular weight is 300 g/mol. The largest absolute Gasteiger partial charge is 0.434 e. The van der Waals surface area contributed by atoms with Crippen LogP contribution in [0.5, 0.6) is 11.6 Å². The number of rotatable bonds is 3. The predicted molar refractivity (Wildman–Crippen MR) is 67.7 cm³/mol. The van der Waals surface area contributed by atoms with Crippen molar-refractivity contribution in [1.82, 2.24) is 9.97 Å². The van der Waals surface area contributed by atoms with Crippen LogP contribution >= 0.6 is 11.6 Å². The van der Waals surface area contributed by atoms with Crippen molar-refractivity contribution in [1.29, 1.82) is 0 Å². The molecule has 1 aromatic heterocycles. The van der Waals surface area contributed by atoms with Gasteiger partial charge in [-0.3, -0.25) is 14.9 Å². The van der Waals surface area contributed by atoms with Crippen LogP contribution in [0.3, 0.4) is 0 Å². The molecular weight excluding hydrogens is 293 g/mol. The van der Waals surface area contributed by atoms with E-state index in [4.69, 9.17) is 16.3 Å². The number of aromatic amines is 1. The van der Waals surface area contributed by atoms with Gasteiger partial charge in [-0.2, -0.15) is 0 Å². The Hall–Kier alpha value is -2.48. The van der Waals surface area contributed by atoms with Gasteiger partial charge in [0.1, 0.15) is 0 Å². The van der Waals surface area contributed by atoms with Gasteiger partial charge in [0.15, 0.2) is 16.6 Å². The summed E-state index contributed by atoms with van der Waals surface area (Å²) in [4.78, 5) is 27.1. The van der Waals surface area contributed by atoms with Gasteiger partial charge in [-0.1, -0.05) is 11.6 Å². The van der Waals surface area contributed by atoms with Gasteiger partial charge in [0.2, 0.25) is 5.88 Å². The summed E-state index contributed by atoms with van der Waals surface area (Å²) < 4.78 is 18.8. The molecule has 0 spiro atoms. The second-order valence-corrected chi connectivity index (χ2v) is 4.16. The van der Waals surface area contributed by atoms with E-state index in [1.165, 1.54) is 6.92 Å². The maximum Gasteiger partial charge on any atom is 0.275 e. The van der Waals surface area contributed by atoms with Crippen molar-refractivity contribution in [3.05, 3.63) is 55.3 Å². The van der Waals surface area contributed by atoms with Crippen molar-refractivity contribution in [3.8, 4) is 11.6 Å². The normalized spacial score (nSPS) is 10.3. The van der Waals surface area contributed by atoms with Crippen molar-refractivity contribution in [2.45, 2.75) is 6.92 Å². The number of benzene rings is 1. The van der Waals surface area contributed by atoms with Crippen LogP contribution in [0.4, 0.5) is 10.1 Å². The molecule has 1 aromatic carbocycles. The predicted octanol–water partition coefficient (Wildman–Crippen LogP) is 2.57. The average Bonchev–Trinajstić information content (AvgIpc) is 2.38. The summed E-state index contributed by atoms with van der Waals surface area (Å²) in [7, 11) is 0. The first-order chi connectivity index (χ1) is 9.40. The van der Waals surface area contributed by atoms with Gasteiger partial charge in [0.25, 0.3) is 11.2 Å². The van der Waals surface area contributed by atoms with Crippen molar-refractivity contribution in [3.63, 3.8) is 0 Å². The van der Waals surface area contributed by atoms with E-state index in [1.807, 2.05) is 0 Å². The highest BCUT2D eigenvalue weighted by atomic mass is 35.5. The fraction of sp³-hybridized carbons (Fsp3) is 0.0909. The lowest BCUT2D eigenvalue weighted by atomic mass is 10.2. The molecule has 2 rings (SSSR count). The lowest BCUT2D eigenvalue weighted by Crippen LogP contribution is -2.08. The van der Waals surface area contributed by atoms with Crippen LogP contribution in [0, 0.1) is 22.9 Å². The van der Waals surface area contributed by atoms with Gasteiger partial charge in [-0.05, 0) is 13.0 Å². The quantitative estimate of drug-likeness (QED) is 0.693. The van der Waals surface area contributed by atoms with Gasteiger partial charge in [-0.15, -0.1) is 0 Å². The molecule has 20 heavy (non-hydrogen) atoms. The van der Waals surface area contributed by atoms with Crippen LogP contribution in [-0.4, -0.2) is 14.9 Å². The van der Waals surface area contributed by atoms with E-state index in [-0.39, 0.29) is 27.9 Å². The number of nitrogens with one attached hydrogen (secondary N) is 1. The van der Waals surface area contributed by atoms with Crippen molar-refractivity contribution >= 4 is 17.3 Å². The number of nitrogens with zero attached hydrogens (tertiary/aromatic N) is 2.